The van der Waals surface area contributed by atoms with Gasteiger partial charge in [-0.1, -0.05) is 5.21 Å². The molecule has 114 valence electrons. The van der Waals surface area contributed by atoms with Crippen LogP contribution >= 0.6 is 11.6 Å². The van der Waals surface area contributed by atoms with E-state index in [4.69, 9.17) is 16.3 Å². The van der Waals surface area contributed by atoms with Gasteiger partial charge in [0, 0.05) is 13.1 Å². The summed E-state index contributed by atoms with van der Waals surface area (Å²) in [6, 6.07) is -0.446. The van der Waals surface area contributed by atoms with Gasteiger partial charge < -0.3 is 10.1 Å². The third kappa shape index (κ3) is 3.13. The van der Waals surface area contributed by atoms with E-state index < -0.39 is 17.9 Å². The fraction of sp³-hybridized carbons (Fsp3) is 0.545. The number of esters is 1. The molecular formula is C11H14ClN5O4. The topological polar surface area (TPSA) is 106 Å². The number of nitrogens with one attached hydrogen (secondary N) is 1. The van der Waals surface area contributed by atoms with Gasteiger partial charge in [0.05, 0.1) is 18.2 Å². The lowest BCUT2D eigenvalue weighted by Gasteiger charge is -2.12. The fourth-order valence-electron chi connectivity index (χ4n) is 1.87. The predicted octanol–water partition coefficient (Wildman–Crippen LogP) is -0.255. The number of hydrogen-bond acceptors (Lipinski definition) is 6. The highest BCUT2D eigenvalue weighted by molar-refractivity contribution is 6.17. The van der Waals surface area contributed by atoms with Crippen molar-refractivity contribution in [2.24, 2.45) is 0 Å². The Morgan fingerprint density at radius 2 is 2.24 bits per heavy atom. The van der Waals surface area contributed by atoms with Gasteiger partial charge in [-0.25, -0.2) is 14.3 Å². The SMILES string of the molecule is CCOC(=O)c1nnn(CC(=O)N2CCNC2=O)c1CCl. The molecule has 0 radical (unpaired) electrons. The van der Waals surface area contributed by atoms with Crippen LogP contribution in [0.2, 0.25) is 0 Å². The van der Waals surface area contributed by atoms with Crippen molar-refractivity contribution in [3.8, 4) is 0 Å². The Kier molecular flexibility index (Phi) is 4.73. The highest BCUT2D eigenvalue weighted by Crippen LogP contribution is 2.11. The van der Waals surface area contributed by atoms with Crippen LogP contribution in [0.4, 0.5) is 4.79 Å². The van der Waals surface area contributed by atoms with E-state index in [1.165, 1.54) is 4.68 Å². The second-order valence-corrected chi connectivity index (χ2v) is 4.44. The van der Waals surface area contributed by atoms with E-state index >= 15 is 0 Å². The summed E-state index contributed by atoms with van der Waals surface area (Å²) in [5.74, 6) is -1.15. The normalized spacial score (nSPS) is 14.2. The number of carbonyl (C=O) groups excluding carboxylic acids is 3. The Balaban J connectivity index is 2.15. The molecule has 0 aliphatic carbocycles. The lowest BCUT2D eigenvalue weighted by molar-refractivity contribution is -0.128. The number of aromatic nitrogens is 3. The zero-order valence-electron chi connectivity index (χ0n) is 11.3. The molecule has 9 nitrogen and oxygen atoms in total. The molecule has 21 heavy (non-hydrogen) atoms. The van der Waals surface area contributed by atoms with E-state index in [0.29, 0.717) is 13.1 Å². The molecule has 1 aliphatic rings. The summed E-state index contributed by atoms with van der Waals surface area (Å²) in [6.07, 6.45) is 0. The predicted molar refractivity (Wildman–Crippen MR) is 70.6 cm³/mol. The van der Waals surface area contributed by atoms with Gasteiger partial charge in [0.2, 0.25) is 0 Å². The number of rotatable bonds is 5. The fourth-order valence-corrected chi connectivity index (χ4v) is 2.14. The Morgan fingerprint density at radius 1 is 1.48 bits per heavy atom. The zero-order chi connectivity index (χ0) is 15.4. The summed E-state index contributed by atoms with van der Waals surface area (Å²) >= 11 is 5.78. The molecule has 0 aromatic carbocycles. The maximum absolute atomic E-state index is 12.0. The van der Waals surface area contributed by atoms with Gasteiger partial charge in [0.15, 0.2) is 5.69 Å². The lowest BCUT2D eigenvalue weighted by Crippen LogP contribution is -2.37. The first-order valence-electron chi connectivity index (χ1n) is 6.32. The smallest absolute Gasteiger partial charge is 0.360 e. The average Bonchev–Trinajstić information content (AvgIpc) is 3.05. The second-order valence-electron chi connectivity index (χ2n) is 4.17. The Bertz CT molecular complexity index is 573. The van der Waals surface area contributed by atoms with Crippen LogP contribution in [0.15, 0.2) is 0 Å². The van der Waals surface area contributed by atoms with Crippen molar-refractivity contribution in [3.05, 3.63) is 11.4 Å². The number of amides is 3. The van der Waals surface area contributed by atoms with Gasteiger partial charge in [0.25, 0.3) is 5.91 Å². The number of carbonyl (C=O) groups is 3. The molecule has 2 rings (SSSR count). The van der Waals surface area contributed by atoms with Crippen molar-refractivity contribution in [2.45, 2.75) is 19.3 Å². The number of hydrogen-bond donors (Lipinski definition) is 1. The summed E-state index contributed by atoms with van der Waals surface area (Å²) in [7, 11) is 0. The van der Waals surface area contributed by atoms with Crippen LogP contribution in [0, 0.1) is 0 Å². The molecule has 2 heterocycles. The molecule has 0 saturated carbocycles. The quantitative estimate of drug-likeness (QED) is 0.593. The standard InChI is InChI=1S/C11H14ClN5O4/c1-2-21-10(19)9-7(5-12)17(15-14-9)6-8(18)16-4-3-13-11(16)20/h2-6H2,1H3,(H,13,20). The van der Waals surface area contributed by atoms with Crippen molar-refractivity contribution >= 4 is 29.5 Å². The number of nitrogens with zero attached hydrogens (tertiary/aromatic N) is 4. The minimum Gasteiger partial charge on any atom is -0.461 e. The number of imide groups is 1. The average molecular weight is 316 g/mol. The molecule has 1 saturated heterocycles. The van der Waals surface area contributed by atoms with Crippen molar-refractivity contribution in [2.75, 3.05) is 19.7 Å². The Labute approximate surface area is 125 Å². The summed E-state index contributed by atoms with van der Waals surface area (Å²) in [4.78, 5) is 36.2. The van der Waals surface area contributed by atoms with Crippen LogP contribution in [0.5, 0.6) is 0 Å². The monoisotopic (exact) mass is 315 g/mol. The van der Waals surface area contributed by atoms with Crippen LogP contribution in [0.25, 0.3) is 0 Å². The molecule has 3 amide bonds. The molecular weight excluding hydrogens is 302 g/mol. The third-order valence-electron chi connectivity index (χ3n) is 2.88. The number of alkyl halides is 1. The molecule has 1 aliphatic heterocycles. The van der Waals surface area contributed by atoms with Crippen LogP contribution in [0.3, 0.4) is 0 Å². The van der Waals surface area contributed by atoms with Gasteiger partial charge in [-0.2, -0.15) is 0 Å². The van der Waals surface area contributed by atoms with E-state index in [1.807, 2.05) is 0 Å². The highest BCUT2D eigenvalue weighted by atomic mass is 35.5. The first-order valence-corrected chi connectivity index (χ1v) is 6.85. The van der Waals surface area contributed by atoms with E-state index in [2.05, 4.69) is 15.6 Å². The number of urea groups is 1. The van der Waals surface area contributed by atoms with Crippen molar-refractivity contribution in [3.63, 3.8) is 0 Å². The summed E-state index contributed by atoms with van der Waals surface area (Å²) in [5.41, 5.74) is 0.258. The third-order valence-corrected chi connectivity index (χ3v) is 3.13. The molecule has 1 fully saturated rings. The molecule has 10 heteroatoms. The lowest BCUT2D eigenvalue weighted by atomic mass is 10.3. The second kappa shape index (κ2) is 6.53. The van der Waals surface area contributed by atoms with Crippen molar-refractivity contribution in [1.82, 2.24) is 25.2 Å². The number of ether oxygens (including phenoxy) is 1. The van der Waals surface area contributed by atoms with Crippen LogP contribution < -0.4 is 5.32 Å². The molecule has 0 bridgehead atoms. The first-order chi connectivity index (χ1) is 10.1. The van der Waals surface area contributed by atoms with Crippen LogP contribution in [-0.2, 0) is 22.0 Å². The van der Waals surface area contributed by atoms with Gasteiger partial charge in [0.1, 0.15) is 6.54 Å². The summed E-state index contributed by atoms with van der Waals surface area (Å²) in [5, 5.41) is 9.94. The van der Waals surface area contributed by atoms with Gasteiger partial charge in [-0.05, 0) is 6.92 Å². The molecule has 0 unspecified atom stereocenters. The maximum Gasteiger partial charge on any atom is 0.360 e. The largest absolute Gasteiger partial charge is 0.461 e. The van der Waals surface area contributed by atoms with Crippen molar-refractivity contribution in [1.29, 1.82) is 0 Å². The molecule has 1 N–H and O–H groups in total. The Hall–Kier alpha value is -2.16. The Morgan fingerprint density at radius 3 is 2.81 bits per heavy atom. The molecule has 1 aromatic heterocycles. The number of halogens is 1. The van der Waals surface area contributed by atoms with E-state index in [9.17, 15) is 14.4 Å². The van der Waals surface area contributed by atoms with Crippen LogP contribution in [-0.4, -0.2) is 57.5 Å². The first kappa shape index (κ1) is 15.2. The van der Waals surface area contributed by atoms with Gasteiger partial charge in [-0.3, -0.25) is 9.69 Å². The van der Waals surface area contributed by atoms with E-state index in [0.717, 1.165) is 4.90 Å². The molecule has 0 spiro atoms. The van der Waals surface area contributed by atoms with E-state index in [1.54, 1.807) is 6.92 Å². The van der Waals surface area contributed by atoms with Gasteiger partial charge in [-0.15, -0.1) is 16.7 Å². The highest BCUT2D eigenvalue weighted by Gasteiger charge is 2.28. The molecule has 0 atom stereocenters. The van der Waals surface area contributed by atoms with Crippen LogP contribution in [0.1, 0.15) is 23.1 Å². The molecule has 1 aromatic rings. The van der Waals surface area contributed by atoms with Crippen molar-refractivity contribution < 1.29 is 19.1 Å². The van der Waals surface area contributed by atoms with Gasteiger partial charge >= 0.3 is 12.0 Å². The zero-order valence-corrected chi connectivity index (χ0v) is 12.1. The minimum atomic E-state index is -0.647. The summed E-state index contributed by atoms with van der Waals surface area (Å²) in [6.45, 7) is 2.35. The minimum absolute atomic E-state index is 0.0227. The van der Waals surface area contributed by atoms with E-state index in [-0.39, 0.29) is 30.4 Å². The maximum atomic E-state index is 12.0. The summed E-state index contributed by atoms with van der Waals surface area (Å²) < 4.78 is 6.03.